The maximum absolute atomic E-state index is 5.81. The van der Waals surface area contributed by atoms with Gasteiger partial charge < -0.3 is 10.5 Å². The molecule has 90 valence electrons. The van der Waals surface area contributed by atoms with Crippen molar-refractivity contribution in [1.29, 1.82) is 0 Å². The van der Waals surface area contributed by atoms with Gasteiger partial charge in [0.25, 0.3) is 0 Å². The van der Waals surface area contributed by atoms with Crippen molar-refractivity contribution < 1.29 is 4.74 Å². The molecule has 0 aliphatic rings. The number of rotatable bonds is 4. The summed E-state index contributed by atoms with van der Waals surface area (Å²) in [6.45, 7) is 3.34. The number of halogens is 1. The Hall–Kier alpha value is -1.68. The monoisotopic (exact) mass is 251 g/mol. The number of nitrogens with zero attached hydrogens (tertiary/aromatic N) is 2. The molecule has 0 atom stereocenters. The summed E-state index contributed by atoms with van der Waals surface area (Å²) in [5, 5.41) is 4.77. The first-order valence-electron chi connectivity index (χ1n) is 5.38. The van der Waals surface area contributed by atoms with Gasteiger partial charge in [-0.25, -0.2) is 0 Å². The van der Waals surface area contributed by atoms with E-state index in [4.69, 9.17) is 22.1 Å². The van der Waals surface area contributed by atoms with Crippen LogP contribution in [-0.2, 0) is 13.2 Å². The van der Waals surface area contributed by atoms with Crippen molar-refractivity contribution in [1.82, 2.24) is 9.78 Å². The van der Waals surface area contributed by atoms with Crippen molar-refractivity contribution in [3.8, 4) is 5.75 Å². The Morgan fingerprint density at radius 3 is 2.94 bits per heavy atom. The molecule has 0 aliphatic carbocycles. The Balaban J connectivity index is 2.02. The van der Waals surface area contributed by atoms with Crippen molar-refractivity contribution >= 4 is 17.3 Å². The molecule has 0 radical (unpaired) electrons. The molecule has 0 amide bonds. The van der Waals surface area contributed by atoms with Gasteiger partial charge in [0, 0.05) is 23.3 Å². The first kappa shape index (κ1) is 11.8. The standard InChI is InChI=1S/C12H14ClN3O/c1-2-16-7-9(6-15-16)8-17-12-4-3-10(13)5-11(12)14/h3-7H,2,8,14H2,1H3. The number of hydrogen-bond acceptors (Lipinski definition) is 3. The number of nitrogen functional groups attached to an aromatic ring is 1. The fourth-order valence-corrected chi connectivity index (χ4v) is 1.65. The summed E-state index contributed by atoms with van der Waals surface area (Å²) in [5.41, 5.74) is 7.34. The van der Waals surface area contributed by atoms with E-state index in [1.54, 1.807) is 24.4 Å². The molecule has 1 heterocycles. The van der Waals surface area contributed by atoms with E-state index in [0.717, 1.165) is 12.1 Å². The molecule has 0 saturated heterocycles. The zero-order chi connectivity index (χ0) is 12.3. The molecule has 17 heavy (non-hydrogen) atoms. The molecule has 5 heteroatoms. The first-order chi connectivity index (χ1) is 8.19. The van der Waals surface area contributed by atoms with Gasteiger partial charge in [-0.1, -0.05) is 11.6 Å². The number of hydrogen-bond donors (Lipinski definition) is 1. The van der Waals surface area contributed by atoms with E-state index in [1.807, 2.05) is 17.8 Å². The average molecular weight is 252 g/mol. The summed E-state index contributed by atoms with van der Waals surface area (Å²) in [4.78, 5) is 0. The number of nitrogens with two attached hydrogens (primary N) is 1. The second kappa shape index (κ2) is 5.10. The summed E-state index contributed by atoms with van der Waals surface area (Å²) in [6, 6.07) is 5.19. The zero-order valence-electron chi connectivity index (χ0n) is 9.56. The van der Waals surface area contributed by atoms with Crippen LogP contribution in [0.2, 0.25) is 5.02 Å². The molecule has 4 nitrogen and oxygen atoms in total. The van der Waals surface area contributed by atoms with Crippen LogP contribution >= 0.6 is 11.6 Å². The number of anilines is 1. The maximum Gasteiger partial charge on any atom is 0.142 e. The van der Waals surface area contributed by atoms with Crippen LogP contribution in [-0.4, -0.2) is 9.78 Å². The molecule has 0 aliphatic heterocycles. The molecular weight excluding hydrogens is 238 g/mol. The van der Waals surface area contributed by atoms with Crippen LogP contribution in [0.25, 0.3) is 0 Å². The largest absolute Gasteiger partial charge is 0.487 e. The van der Waals surface area contributed by atoms with Crippen molar-refractivity contribution in [2.24, 2.45) is 0 Å². The van der Waals surface area contributed by atoms with Crippen LogP contribution in [0.4, 0.5) is 5.69 Å². The molecule has 0 unspecified atom stereocenters. The van der Waals surface area contributed by atoms with Gasteiger partial charge >= 0.3 is 0 Å². The summed E-state index contributed by atoms with van der Waals surface area (Å²) < 4.78 is 7.45. The molecule has 0 fully saturated rings. The minimum absolute atomic E-state index is 0.450. The number of aromatic nitrogens is 2. The van der Waals surface area contributed by atoms with E-state index in [1.165, 1.54) is 0 Å². The van der Waals surface area contributed by atoms with Gasteiger partial charge in [0.2, 0.25) is 0 Å². The molecule has 0 spiro atoms. The van der Waals surface area contributed by atoms with E-state index in [2.05, 4.69) is 5.10 Å². The van der Waals surface area contributed by atoms with Crippen molar-refractivity contribution in [2.45, 2.75) is 20.1 Å². The molecular formula is C12H14ClN3O. The van der Waals surface area contributed by atoms with Crippen LogP contribution in [0.5, 0.6) is 5.75 Å². The smallest absolute Gasteiger partial charge is 0.142 e. The van der Waals surface area contributed by atoms with E-state index in [-0.39, 0.29) is 0 Å². The SMILES string of the molecule is CCn1cc(COc2ccc(Cl)cc2N)cn1. The maximum atomic E-state index is 5.81. The Morgan fingerprint density at radius 2 is 2.29 bits per heavy atom. The third-order valence-electron chi connectivity index (χ3n) is 2.38. The summed E-state index contributed by atoms with van der Waals surface area (Å²) in [5.74, 6) is 0.638. The van der Waals surface area contributed by atoms with Crippen LogP contribution in [0.1, 0.15) is 12.5 Å². The molecule has 2 aromatic rings. The minimum atomic E-state index is 0.450. The van der Waals surface area contributed by atoms with E-state index >= 15 is 0 Å². The molecule has 2 N–H and O–H groups in total. The Labute approximate surface area is 105 Å². The summed E-state index contributed by atoms with van der Waals surface area (Å²) in [7, 11) is 0. The van der Waals surface area contributed by atoms with Gasteiger partial charge in [0.05, 0.1) is 11.9 Å². The van der Waals surface area contributed by atoms with E-state index in [9.17, 15) is 0 Å². The van der Waals surface area contributed by atoms with Gasteiger partial charge in [-0.05, 0) is 25.1 Å². The van der Waals surface area contributed by atoms with Gasteiger partial charge in [-0.15, -0.1) is 0 Å². The van der Waals surface area contributed by atoms with Crippen molar-refractivity contribution in [2.75, 3.05) is 5.73 Å². The highest BCUT2D eigenvalue weighted by atomic mass is 35.5. The van der Waals surface area contributed by atoms with Crippen LogP contribution in [0.15, 0.2) is 30.6 Å². The third-order valence-corrected chi connectivity index (χ3v) is 2.61. The molecule has 0 bridgehead atoms. The Morgan fingerprint density at radius 1 is 1.47 bits per heavy atom. The second-order valence-corrected chi connectivity index (χ2v) is 4.11. The van der Waals surface area contributed by atoms with Crippen LogP contribution < -0.4 is 10.5 Å². The van der Waals surface area contributed by atoms with Gasteiger partial charge in [0.1, 0.15) is 12.4 Å². The lowest BCUT2D eigenvalue weighted by molar-refractivity contribution is 0.308. The van der Waals surface area contributed by atoms with Gasteiger partial charge in [0.15, 0.2) is 0 Å². The lowest BCUT2D eigenvalue weighted by Gasteiger charge is -2.07. The first-order valence-corrected chi connectivity index (χ1v) is 5.76. The van der Waals surface area contributed by atoms with Gasteiger partial charge in [-0.2, -0.15) is 5.10 Å². The lowest BCUT2D eigenvalue weighted by atomic mass is 10.3. The lowest BCUT2D eigenvalue weighted by Crippen LogP contribution is -1.98. The molecule has 1 aromatic heterocycles. The van der Waals surface area contributed by atoms with Crippen LogP contribution in [0.3, 0.4) is 0 Å². The highest BCUT2D eigenvalue weighted by Crippen LogP contribution is 2.25. The molecule has 1 aromatic carbocycles. The minimum Gasteiger partial charge on any atom is -0.487 e. The predicted octanol–water partition coefficient (Wildman–Crippen LogP) is 2.72. The Bertz CT molecular complexity index is 510. The second-order valence-electron chi connectivity index (χ2n) is 3.68. The van der Waals surface area contributed by atoms with Gasteiger partial charge in [-0.3, -0.25) is 4.68 Å². The highest BCUT2D eigenvalue weighted by molar-refractivity contribution is 6.30. The normalized spacial score (nSPS) is 10.5. The average Bonchev–Trinajstić information content (AvgIpc) is 2.76. The quantitative estimate of drug-likeness (QED) is 0.850. The number of benzene rings is 1. The number of aryl methyl sites for hydroxylation is 1. The Kier molecular flexibility index (Phi) is 3.54. The fourth-order valence-electron chi connectivity index (χ4n) is 1.47. The van der Waals surface area contributed by atoms with Crippen LogP contribution in [0, 0.1) is 0 Å². The highest BCUT2D eigenvalue weighted by Gasteiger charge is 2.03. The van der Waals surface area contributed by atoms with Crippen molar-refractivity contribution in [3.63, 3.8) is 0 Å². The molecule has 0 saturated carbocycles. The van der Waals surface area contributed by atoms with Crippen molar-refractivity contribution in [3.05, 3.63) is 41.2 Å². The topological polar surface area (TPSA) is 53.1 Å². The molecule has 2 rings (SSSR count). The van der Waals surface area contributed by atoms with E-state index in [0.29, 0.717) is 23.1 Å². The zero-order valence-corrected chi connectivity index (χ0v) is 10.3. The third kappa shape index (κ3) is 2.91. The number of ether oxygens (including phenoxy) is 1. The van der Waals surface area contributed by atoms with E-state index < -0.39 is 0 Å². The summed E-state index contributed by atoms with van der Waals surface area (Å²) in [6.07, 6.45) is 3.74. The summed E-state index contributed by atoms with van der Waals surface area (Å²) >= 11 is 5.81. The predicted molar refractivity (Wildman–Crippen MR) is 68.1 cm³/mol. The fraction of sp³-hybridized carbons (Fsp3) is 0.250.